The van der Waals surface area contributed by atoms with Gasteiger partial charge in [-0.05, 0) is 53.3 Å². The molecule has 0 saturated carbocycles. The van der Waals surface area contributed by atoms with E-state index in [1.165, 1.54) is 0 Å². The van der Waals surface area contributed by atoms with E-state index in [-0.39, 0.29) is 5.91 Å². The number of rotatable bonds is 6. The molecule has 3 aromatic carbocycles. The molecular weight excluding hydrogens is 449 g/mol. The van der Waals surface area contributed by atoms with Crippen LogP contribution in [0.5, 0.6) is 5.75 Å². The minimum absolute atomic E-state index is 0.155. The normalized spacial score (nSPS) is 11.1. The maximum absolute atomic E-state index is 12.9. The molecule has 3 aromatic rings. The summed E-state index contributed by atoms with van der Waals surface area (Å²) in [6.07, 6.45) is 1.82. The van der Waals surface area contributed by atoms with Gasteiger partial charge >= 0.3 is 0 Å². The highest BCUT2D eigenvalue weighted by molar-refractivity contribution is 14.1. The summed E-state index contributed by atoms with van der Waals surface area (Å²) in [7, 11) is 0. The first-order chi connectivity index (χ1) is 13.2. The molecular formula is C23H20INO2. The number of halogens is 1. The third-order valence-corrected chi connectivity index (χ3v) is 5.01. The van der Waals surface area contributed by atoms with E-state index < -0.39 is 0 Å². The lowest BCUT2D eigenvalue weighted by Crippen LogP contribution is -2.15. The predicted molar refractivity (Wildman–Crippen MR) is 119 cm³/mol. The van der Waals surface area contributed by atoms with Crippen molar-refractivity contribution in [3.05, 3.63) is 99.6 Å². The molecule has 27 heavy (non-hydrogen) atoms. The van der Waals surface area contributed by atoms with Gasteiger partial charge in [0, 0.05) is 14.7 Å². The fraction of sp³-hybridized carbons (Fsp3) is 0.0870. The molecule has 0 radical (unpaired) electrons. The van der Waals surface area contributed by atoms with Crippen molar-refractivity contribution in [2.75, 3.05) is 5.32 Å². The van der Waals surface area contributed by atoms with Crippen LogP contribution in [0, 0.1) is 3.57 Å². The van der Waals surface area contributed by atoms with Crippen LogP contribution < -0.4 is 10.1 Å². The van der Waals surface area contributed by atoms with E-state index in [0.29, 0.717) is 17.9 Å². The second-order valence-electron chi connectivity index (χ2n) is 5.91. The van der Waals surface area contributed by atoms with Crippen molar-refractivity contribution in [3.63, 3.8) is 0 Å². The summed E-state index contributed by atoms with van der Waals surface area (Å²) < 4.78 is 7.00. The van der Waals surface area contributed by atoms with Crippen LogP contribution in [-0.2, 0) is 11.4 Å². The van der Waals surface area contributed by atoms with Crippen molar-refractivity contribution in [3.8, 4) is 5.75 Å². The van der Waals surface area contributed by atoms with Crippen LogP contribution in [-0.4, -0.2) is 5.91 Å². The third kappa shape index (κ3) is 4.98. The smallest absolute Gasteiger partial charge is 0.256 e. The average Bonchev–Trinajstić information content (AvgIpc) is 2.70. The molecule has 0 heterocycles. The molecule has 0 saturated heterocycles. The van der Waals surface area contributed by atoms with Gasteiger partial charge in [-0.2, -0.15) is 0 Å². The molecule has 3 rings (SSSR count). The van der Waals surface area contributed by atoms with E-state index in [2.05, 4.69) is 27.9 Å². The molecule has 0 aliphatic rings. The number of carbonyl (C=O) groups is 1. The fourth-order valence-corrected chi connectivity index (χ4v) is 3.23. The Labute approximate surface area is 173 Å². The molecule has 0 aliphatic carbocycles. The van der Waals surface area contributed by atoms with E-state index in [1.54, 1.807) is 0 Å². The van der Waals surface area contributed by atoms with Crippen molar-refractivity contribution in [1.29, 1.82) is 0 Å². The maximum Gasteiger partial charge on any atom is 0.256 e. The van der Waals surface area contributed by atoms with Crippen molar-refractivity contribution in [1.82, 2.24) is 0 Å². The zero-order valence-corrected chi connectivity index (χ0v) is 17.1. The second-order valence-corrected chi connectivity index (χ2v) is 7.07. The van der Waals surface area contributed by atoms with Crippen LogP contribution in [0.3, 0.4) is 0 Å². The van der Waals surface area contributed by atoms with E-state index >= 15 is 0 Å². The SMILES string of the molecule is C/C=C(/C(=O)Nc1ccccc1I)c1ccccc1OCc1ccccc1. The lowest BCUT2D eigenvalue weighted by molar-refractivity contribution is -0.111. The Morgan fingerprint density at radius 3 is 2.37 bits per heavy atom. The number of para-hydroxylation sites is 2. The van der Waals surface area contributed by atoms with Crippen molar-refractivity contribution >= 4 is 39.8 Å². The number of benzene rings is 3. The van der Waals surface area contributed by atoms with Crippen molar-refractivity contribution in [2.24, 2.45) is 0 Å². The zero-order valence-electron chi connectivity index (χ0n) is 15.0. The van der Waals surface area contributed by atoms with E-state index in [1.807, 2.05) is 91.9 Å². The van der Waals surface area contributed by atoms with Gasteiger partial charge in [0.2, 0.25) is 0 Å². The molecule has 0 aromatic heterocycles. The molecule has 136 valence electrons. The van der Waals surface area contributed by atoms with Crippen LogP contribution in [0.1, 0.15) is 18.1 Å². The van der Waals surface area contributed by atoms with Crippen molar-refractivity contribution in [2.45, 2.75) is 13.5 Å². The zero-order chi connectivity index (χ0) is 19.1. The Balaban J connectivity index is 1.81. The number of allylic oxidation sites excluding steroid dienone is 1. The van der Waals surface area contributed by atoms with Gasteiger partial charge in [-0.15, -0.1) is 0 Å². The number of amides is 1. The van der Waals surface area contributed by atoms with Crippen LogP contribution >= 0.6 is 22.6 Å². The molecule has 0 atom stereocenters. The highest BCUT2D eigenvalue weighted by atomic mass is 127. The molecule has 1 amide bonds. The molecule has 0 fully saturated rings. The minimum Gasteiger partial charge on any atom is -0.488 e. The number of nitrogens with one attached hydrogen (secondary N) is 1. The van der Waals surface area contributed by atoms with Crippen molar-refractivity contribution < 1.29 is 9.53 Å². The highest BCUT2D eigenvalue weighted by Crippen LogP contribution is 2.28. The Morgan fingerprint density at radius 1 is 0.963 bits per heavy atom. The molecule has 3 nitrogen and oxygen atoms in total. The summed E-state index contributed by atoms with van der Waals surface area (Å²) in [6, 6.07) is 25.3. The number of hydrogen-bond donors (Lipinski definition) is 1. The number of anilines is 1. The summed E-state index contributed by atoms with van der Waals surface area (Å²) in [5.41, 5.74) is 3.24. The largest absolute Gasteiger partial charge is 0.488 e. The maximum atomic E-state index is 12.9. The minimum atomic E-state index is -0.155. The lowest BCUT2D eigenvalue weighted by Gasteiger charge is -2.15. The Kier molecular flexibility index (Phi) is 6.65. The first-order valence-corrected chi connectivity index (χ1v) is 9.75. The van der Waals surface area contributed by atoms with E-state index in [4.69, 9.17) is 4.74 Å². The van der Waals surface area contributed by atoms with Gasteiger partial charge in [0.25, 0.3) is 5.91 Å². The number of carbonyl (C=O) groups excluding carboxylic acids is 1. The topological polar surface area (TPSA) is 38.3 Å². The highest BCUT2D eigenvalue weighted by Gasteiger charge is 2.16. The van der Waals surface area contributed by atoms with Gasteiger partial charge in [-0.3, -0.25) is 4.79 Å². The van der Waals surface area contributed by atoms with Crippen LogP contribution in [0.15, 0.2) is 84.9 Å². The van der Waals surface area contributed by atoms with Gasteiger partial charge in [-0.25, -0.2) is 0 Å². The van der Waals surface area contributed by atoms with Crippen LogP contribution in [0.25, 0.3) is 5.57 Å². The molecule has 0 unspecified atom stereocenters. The second kappa shape index (κ2) is 9.37. The summed E-state index contributed by atoms with van der Waals surface area (Å²) in [4.78, 5) is 12.9. The standard InChI is InChI=1S/C23H20INO2/c1-2-18(23(26)25-21-14-8-7-13-20(21)24)19-12-6-9-15-22(19)27-16-17-10-4-3-5-11-17/h2-15H,16H2,1H3,(H,25,26)/b18-2+. The van der Waals surface area contributed by atoms with E-state index in [9.17, 15) is 4.79 Å². The molecule has 1 N–H and O–H groups in total. The fourth-order valence-electron chi connectivity index (χ4n) is 2.71. The summed E-state index contributed by atoms with van der Waals surface area (Å²) in [5, 5.41) is 2.99. The Morgan fingerprint density at radius 2 is 1.63 bits per heavy atom. The first-order valence-electron chi connectivity index (χ1n) is 8.67. The molecule has 4 heteroatoms. The van der Waals surface area contributed by atoms with E-state index in [0.717, 1.165) is 20.4 Å². The molecule has 0 aliphatic heterocycles. The van der Waals surface area contributed by atoms with Gasteiger partial charge in [0.1, 0.15) is 12.4 Å². The lowest BCUT2D eigenvalue weighted by atomic mass is 10.0. The van der Waals surface area contributed by atoms with Crippen LogP contribution in [0.2, 0.25) is 0 Å². The third-order valence-electron chi connectivity index (χ3n) is 4.07. The molecule has 0 spiro atoms. The predicted octanol–water partition coefficient (Wildman–Crippen LogP) is 5.91. The van der Waals surface area contributed by atoms with Gasteiger partial charge < -0.3 is 10.1 Å². The quantitative estimate of drug-likeness (QED) is 0.360. The van der Waals surface area contributed by atoms with Gasteiger partial charge in [0.15, 0.2) is 0 Å². The molecule has 0 bridgehead atoms. The Hall–Kier alpha value is -2.60. The van der Waals surface area contributed by atoms with Gasteiger partial charge in [0.05, 0.1) is 5.69 Å². The summed E-state index contributed by atoms with van der Waals surface area (Å²) >= 11 is 2.21. The number of ether oxygens (including phenoxy) is 1. The summed E-state index contributed by atoms with van der Waals surface area (Å²) in [5.74, 6) is 0.532. The Bertz CT molecular complexity index is 951. The monoisotopic (exact) mass is 469 g/mol. The first kappa shape index (κ1) is 19.2. The summed E-state index contributed by atoms with van der Waals surface area (Å²) in [6.45, 7) is 2.31. The van der Waals surface area contributed by atoms with Crippen LogP contribution in [0.4, 0.5) is 5.69 Å². The van der Waals surface area contributed by atoms with Gasteiger partial charge in [-0.1, -0.05) is 66.7 Å². The average molecular weight is 469 g/mol. The number of hydrogen-bond acceptors (Lipinski definition) is 2.